The summed E-state index contributed by atoms with van der Waals surface area (Å²) in [5.74, 6) is 1.47. The summed E-state index contributed by atoms with van der Waals surface area (Å²) >= 11 is 7.25. The van der Waals surface area contributed by atoms with Crippen molar-refractivity contribution >= 4 is 31.9 Å². The van der Waals surface area contributed by atoms with Crippen molar-refractivity contribution in [3.8, 4) is 5.75 Å². The molecule has 0 N–H and O–H groups in total. The molecule has 3 unspecified atom stereocenters. The summed E-state index contributed by atoms with van der Waals surface area (Å²) in [5.41, 5.74) is 1.14. The Kier molecular flexibility index (Phi) is 4.50. The zero-order valence-electron chi connectivity index (χ0n) is 9.95. The van der Waals surface area contributed by atoms with Gasteiger partial charge < -0.3 is 9.47 Å². The van der Waals surface area contributed by atoms with Crippen molar-refractivity contribution in [3.05, 3.63) is 28.2 Å². The third-order valence-electron chi connectivity index (χ3n) is 3.22. The average Bonchev–Trinajstić information content (AvgIpc) is 2.74. The summed E-state index contributed by atoms with van der Waals surface area (Å²) in [4.78, 5) is 0.174. The van der Waals surface area contributed by atoms with E-state index in [0.717, 1.165) is 28.8 Å². The van der Waals surface area contributed by atoms with Crippen molar-refractivity contribution in [1.82, 2.24) is 0 Å². The molecule has 0 saturated carbocycles. The molecule has 0 bridgehead atoms. The number of rotatable bonds is 3. The predicted molar refractivity (Wildman–Crippen MR) is 75.9 cm³/mol. The van der Waals surface area contributed by atoms with Gasteiger partial charge in [-0.1, -0.05) is 38.8 Å². The van der Waals surface area contributed by atoms with E-state index >= 15 is 0 Å². The Morgan fingerprint density at radius 2 is 2.24 bits per heavy atom. The number of ether oxygens (including phenoxy) is 2. The van der Waals surface area contributed by atoms with Gasteiger partial charge in [-0.05, 0) is 30.5 Å². The summed E-state index contributed by atoms with van der Waals surface area (Å²) in [7, 11) is 1.70. The van der Waals surface area contributed by atoms with Gasteiger partial charge in [-0.15, -0.1) is 0 Å². The lowest BCUT2D eigenvalue weighted by Gasteiger charge is -2.23. The first-order chi connectivity index (χ1) is 8.13. The number of halogens is 2. The number of benzene rings is 1. The van der Waals surface area contributed by atoms with Gasteiger partial charge in [0.25, 0.3) is 0 Å². The second-order valence-corrected chi connectivity index (χ2v) is 6.29. The van der Waals surface area contributed by atoms with E-state index in [1.807, 2.05) is 12.1 Å². The molecular weight excluding hydrogens is 348 g/mol. The third kappa shape index (κ3) is 2.85. The Morgan fingerprint density at radius 1 is 1.47 bits per heavy atom. The van der Waals surface area contributed by atoms with Crippen molar-refractivity contribution in [1.29, 1.82) is 0 Å². The SMILES string of the molecule is COc1ccc(Br)cc1C(Br)C1OCCC1C. The lowest BCUT2D eigenvalue weighted by atomic mass is 9.97. The first-order valence-corrected chi connectivity index (χ1v) is 7.43. The van der Waals surface area contributed by atoms with Gasteiger partial charge in [0.2, 0.25) is 0 Å². The lowest BCUT2D eigenvalue weighted by Crippen LogP contribution is -2.19. The quantitative estimate of drug-likeness (QED) is 0.744. The minimum Gasteiger partial charge on any atom is -0.496 e. The van der Waals surface area contributed by atoms with E-state index in [0.29, 0.717) is 5.92 Å². The highest BCUT2D eigenvalue weighted by Gasteiger charge is 2.32. The van der Waals surface area contributed by atoms with E-state index in [-0.39, 0.29) is 10.9 Å². The van der Waals surface area contributed by atoms with Crippen molar-refractivity contribution in [3.63, 3.8) is 0 Å². The number of hydrogen-bond donors (Lipinski definition) is 0. The highest BCUT2D eigenvalue weighted by atomic mass is 79.9. The van der Waals surface area contributed by atoms with Crippen LogP contribution in [-0.2, 0) is 4.74 Å². The van der Waals surface area contributed by atoms with Crippen LogP contribution in [0.5, 0.6) is 5.75 Å². The standard InChI is InChI=1S/C13H16Br2O2/c1-8-5-6-17-13(8)12(15)10-7-9(14)3-4-11(10)16-2/h3-4,7-8,12-13H,5-6H2,1-2H3. The molecule has 17 heavy (non-hydrogen) atoms. The van der Waals surface area contributed by atoms with Crippen LogP contribution in [0.3, 0.4) is 0 Å². The summed E-state index contributed by atoms with van der Waals surface area (Å²) < 4.78 is 12.3. The van der Waals surface area contributed by atoms with E-state index < -0.39 is 0 Å². The summed E-state index contributed by atoms with van der Waals surface area (Å²) in [6.07, 6.45) is 1.35. The number of methoxy groups -OCH3 is 1. The van der Waals surface area contributed by atoms with Gasteiger partial charge >= 0.3 is 0 Å². The Balaban J connectivity index is 2.28. The molecule has 1 aliphatic heterocycles. The molecule has 4 heteroatoms. The Bertz CT molecular complexity index is 395. The number of hydrogen-bond acceptors (Lipinski definition) is 2. The fraction of sp³-hybridized carbons (Fsp3) is 0.538. The van der Waals surface area contributed by atoms with Crippen LogP contribution in [0.25, 0.3) is 0 Å². The number of alkyl halides is 1. The Labute approximate surface area is 119 Å². The van der Waals surface area contributed by atoms with Gasteiger partial charge in [0, 0.05) is 16.6 Å². The van der Waals surface area contributed by atoms with Crippen LogP contribution >= 0.6 is 31.9 Å². The van der Waals surface area contributed by atoms with Gasteiger partial charge in [-0.25, -0.2) is 0 Å². The maximum absolute atomic E-state index is 5.80. The molecule has 1 heterocycles. The Hall–Kier alpha value is -0.0600. The van der Waals surface area contributed by atoms with Crippen molar-refractivity contribution in [2.24, 2.45) is 5.92 Å². The van der Waals surface area contributed by atoms with Crippen LogP contribution in [0.15, 0.2) is 22.7 Å². The normalized spacial score (nSPS) is 25.9. The first kappa shape index (κ1) is 13.4. The van der Waals surface area contributed by atoms with Crippen molar-refractivity contribution < 1.29 is 9.47 Å². The van der Waals surface area contributed by atoms with Gasteiger partial charge in [0.05, 0.1) is 18.0 Å². The highest BCUT2D eigenvalue weighted by molar-refractivity contribution is 9.10. The molecule has 0 spiro atoms. The van der Waals surface area contributed by atoms with E-state index in [9.17, 15) is 0 Å². The molecule has 0 aromatic heterocycles. The maximum Gasteiger partial charge on any atom is 0.123 e. The Morgan fingerprint density at radius 3 is 2.82 bits per heavy atom. The molecule has 2 rings (SSSR count). The zero-order chi connectivity index (χ0) is 12.4. The molecule has 1 aromatic carbocycles. The molecule has 2 nitrogen and oxygen atoms in total. The van der Waals surface area contributed by atoms with Crippen LogP contribution in [-0.4, -0.2) is 19.8 Å². The lowest BCUT2D eigenvalue weighted by molar-refractivity contribution is 0.0929. The van der Waals surface area contributed by atoms with E-state index in [2.05, 4.69) is 44.8 Å². The molecule has 94 valence electrons. The zero-order valence-corrected chi connectivity index (χ0v) is 13.1. The largest absolute Gasteiger partial charge is 0.496 e. The average molecular weight is 364 g/mol. The van der Waals surface area contributed by atoms with E-state index in [4.69, 9.17) is 9.47 Å². The van der Waals surface area contributed by atoms with Crippen LogP contribution in [0, 0.1) is 5.92 Å². The topological polar surface area (TPSA) is 18.5 Å². The molecule has 3 atom stereocenters. The second kappa shape index (κ2) is 5.72. The minimum absolute atomic E-state index is 0.174. The van der Waals surface area contributed by atoms with Gasteiger partial charge in [-0.3, -0.25) is 0 Å². The molecule has 1 aliphatic rings. The summed E-state index contributed by atoms with van der Waals surface area (Å²) in [5, 5.41) is 0. The molecule has 1 aromatic rings. The van der Waals surface area contributed by atoms with Crippen molar-refractivity contribution in [2.45, 2.75) is 24.3 Å². The monoisotopic (exact) mass is 362 g/mol. The third-order valence-corrected chi connectivity index (χ3v) is 4.73. The smallest absolute Gasteiger partial charge is 0.123 e. The van der Waals surface area contributed by atoms with Gasteiger partial charge in [0.1, 0.15) is 5.75 Å². The summed E-state index contributed by atoms with van der Waals surface area (Å²) in [6, 6.07) is 6.06. The first-order valence-electron chi connectivity index (χ1n) is 5.72. The summed E-state index contributed by atoms with van der Waals surface area (Å²) in [6.45, 7) is 3.08. The van der Waals surface area contributed by atoms with Crippen LogP contribution in [0.4, 0.5) is 0 Å². The fourth-order valence-electron chi connectivity index (χ4n) is 2.19. The molecule has 1 fully saturated rings. The molecule has 0 amide bonds. The van der Waals surface area contributed by atoms with E-state index in [1.165, 1.54) is 0 Å². The van der Waals surface area contributed by atoms with Crippen LogP contribution < -0.4 is 4.74 Å². The molecular formula is C13H16Br2O2. The van der Waals surface area contributed by atoms with Crippen LogP contribution in [0.2, 0.25) is 0 Å². The maximum atomic E-state index is 5.80. The minimum atomic E-state index is 0.174. The molecule has 0 aliphatic carbocycles. The molecule has 1 saturated heterocycles. The van der Waals surface area contributed by atoms with Crippen molar-refractivity contribution in [2.75, 3.05) is 13.7 Å². The predicted octanol–water partition coefficient (Wildman–Crippen LogP) is 4.32. The molecule has 0 radical (unpaired) electrons. The second-order valence-electron chi connectivity index (χ2n) is 4.39. The van der Waals surface area contributed by atoms with Gasteiger partial charge in [0.15, 0.2) is 0 Å². The van der Waals surface area contributed by atoms with Gasteiger partial charge in [-0.2, -0.15) is 0 Å². The fourth-order valence-corrected chi connectivity index (χ4v) is 3.60. The highest BCUT2D eigenvalue weighted by Crippen LogP contribution is 2.41. The van der Waals surface area contributed by atoms with E-state index in [1.54, 1.807) is 7.11 Å². The van der Waals surface area contributed by atoms with Crippen LogP contribution in [0.1, 0.15) is 23.7 Å².